The molecular weight excluding hydrogens is 244 g/mol. The first-order chi connectivity index (χ1) is 9.06. The summed E-state index contributed by atoms with van der Waals surface area (Å²) in [7, 11) is 4.97. The topological polar surface area (TPSA) is 56.5 Å². The molecule has 0 radical (unpaired) electrons. The number of nitrogens with zero attached hydrogens (tertiary/aromatic N) is 2. The molecule has 1 heterocycles. The summed E-state index contributed by atoms with van der Waals surface area (Å²) in [5.41, 5.74) is 2.27. The van der Waals surface area contributed by atoms with Crippen LogP contribution in [0.1, 0.15) is 23.1 Å². The van der Waals surface area contributed by atoms with Crippen LogP contribution < -0.4 is 9.47 Å². The van der Waals surface area contributed by atoms with Crippen molar-refractivity contribution in [3.8, 4) is 11.5 Å². The molecule has 0 spiro atoms. The van der Waals surface area contributed by atoms with Crippen LogP contribution in [-0.2, 0) is 7.05 Å². The van der Waals surface area contributed by atoms with E-state index >= 15 is 0 Å². The van der Waals surface area contributed by atoms with Crippen LogP contribution in [0.25, 0.3) is 0 Å². The van der Waals surface area contributed by atoms with E-state index in [0.717, 1.165) is 11.4 Å². The molecular formula is C14H18N2O3. The summed E-state index contributed by atoms with van der Waals surface area (Å²) in [6, 6.07) is 7.20. The molecule has 0 aliphatic heterocycles. The molecule has 0 aliphatic rings. The number of aliphatic hydroxyl groups excluding tert-OH is 1. The number of aliphatic hydroxyl groups is 1. The summed E-state index contributed by atoms with van der Waals surface area (Å²) in [5.74, 6) is 1.28. The number of methoxy groups -OCH3 is 2. The molecule has 0 saturated carbocycles. The summed E-state index contributed by atoms with van der Waals surface area (Å²) in [6.45, 7) is 1.89. The van der Waals surface area contributed by atoms with E-state index in [2.05, 4.69) is 5.10 Å². The molecule has 2 rings (SSSR count). The summed E-state index contributed by atoms with van der Waals surface area (Å²) >= 11 is 0. The van der Waals surface area contributed by atoms with Crippen molar-refractivity contribution < 1.29 is 14.6 Å². The van der Waals surface area contributed by atoms with Gasteiger partial charge in [0.05, 0.1) is 25.6 Å². The average Bonchev–Trinajstić information content (AvgIpc) is 2.76. The van der Waals surface area contributed by atoms with Gasteiger partial charge >= 0.3 is 0 Å². The summed E-state index contributed by atoms with van der Waals surface area (Å²) in [4.78, 5) is 0. The third-order valence-electron chi connectivity index (χ3n) is 3.05. The van der Waals surface area contributed by atoms with E-state index in [4.69, 9.17) is 9.47 Å². The number of aryl methyl sites for hydroxylation is 2. The highest BCUT2D eigenvalue weighted by molar-refractivity contribution is 5.44. The van der Waals surface area contributed by atoms with Gasteiger partial charge in [-0.15, -0.1) is 0 Å². The molecule has 5 nitrogen and oxygen atoms in total. The number of benzene rings is 1. The third-order valence-corrected chi connectivity index (χ3v) is 3.05. The predicted molar refractivity (Wildman–Crippen MR) is 71.6 cm³/mol. The Morgan fingerprint density at radius 3 is 2.47 bits per heavy atom. The molecule has 0 bridgehead atoms. The number of hydrogen-bond donors (Lipinski definition) is 1. The van der Waals surface area contributed by atoms with Crippen molar-refractivity contribution in [3.63, 3.8) is 0 Å². The predicted octanol–water partition coefficient (Wildman–Crippen LogP) is 1.83. The van der Waals surface area contributed by atoms with Crippen LogP contribution >= 0.6 is 0 Å². The Morgan fingerprint density at radius 2 is 1.95 bits per heavy atom. The fraction of sp³-hybridized carbons (Fsp3) is 0.357. The lowest BCUT2D eigenvalue weighted by molar-refractivity contribution is 0.204. The maximum atomic E-state index is 10.5. The minimum Gasteiger partial charge on any atom is -0.497 e. The summed E-state index contributed by atoms with van der Waals surface area (Å²) in [6.07, 6.45) is -0.785. The molecule has 5 heteroatoms. The van der Waals surface area contributed by atoms with Gasteiger partial charge in [-0.25, -0.2) is 0 Å². The van der Waals surface area contributed by atoms with E-state index in [1.807, 2.05) is 20.0 Å². The first-order valence-corrected chi connectivity index (χ1v) is 5.97. The Bertz CT molecular complexity index is 578. The Morgan fingerprint density at radius 1 is 1.21 bits per heavy atom. The molecule has 0 saturated heterocycles. The monoisotopic (exact) mass is 262 g/mol. The quantitative estimate of drug-likeness (QED) is 0.913. The van der Waals surface area contributed by atoms with Gasteiger partial charge in [0.25, 0.3) is 0 Å². The van der Waals surface area contributed by atoms with Gasteiger partial charge in [0, 0.05) is 18.7 Å². The number of ether oxygens (including phenoxy) is 2. The second-order valence-corrected chi connectivity index (χ2v) is 4.34. The Hall–Kier alpha value is -2.01. The first-order valence-electron chi connectivity index (χ1n) is 5.97. The van der Waals surface area contributed by atoms with Gasteiger partial charge < -0.3 is 14.6 Å². The highest BCUT2D eigenvalue weighted by atomic mass is 16.5. The Labute approximate surface area is 112 Å². The lowest BCUT2D eigenvalue weighted by atomic mass is 10.0. The van der Waals surface area contributed by atoms with Gasteiger partial charge in [0.2, 0.25) is 0 Å². The molecule has 102 valence electrons. The SMILES string of the molecule is COc1ccc(C(O)c2cc(C)nn2C)c(OC)c1. The van der Waals surface area contributed by atoms with Crippen LogP contribution in [0.2, 0.25) is 0 Å². The van der Waals surface area contributed by atoms with Gasteiger partial charge in [0.15, 0.2) is 0 Å². The van der Waals surface area contributed by atoms with Gasteiger partial charge in [-0.2, -0.15) is 5.10 Å². The molecule has 1 unspecified atom stereocenters. The maximum Gasteiger partial charge on any atom is 0.128 e. The standard InChI is InChI=1S/C14H18N2O3/c1-9-7-12(16(2)15-9)14(17)11-6-5-10(18-3)8-13(11)19-4/h5-8,14,17H,1-4H3. The molecule has 0 aliphatic carbocycles. The van der Waals surface area contributed by atoms with Crippen molar-refractivity contribution in [2.75, 3.05) is 14.2 Å². The number of rotatable bonds is 4. The molecule has 2 aromatic rings. The summed E-state index contributed by atoms with van der Waals surface area (Å²) < 4.78 is 12.1. The van der Waals surface area contributed by atoms with Crippen LogP contribution in [-0.4, -0.2) is 29.1 Å². The normalized spacial score (nSPS) is 12.3. The van der Waals surface area contributed by atoms with Gasteiger partial charge in [-0.3, -0.25) is 4.68 Å². The maximum absolute atomic E-state index is 10.5. The summed E-state index contributed by atoms with van der Waals surface area (Å²) in [5, 5.41) is 14.7. The number of aromatic nitrogens is 2. The average molecular weight is 262 g/mol. The zero-order valence-electron chi connectivity index (χ0n) is 11.5. The van der Waals surface area contributed by atoms with Crippen molar-refractivity contribution in [2.24, 2.45) is 7.05 Å². The highest BCUT2D eigenvalue weighted by Crippen LogP contribution is 2.32. The van der Waals surface area contributed by atoms with Crippen molar-refractivity contribution in [2.45, 2.75) is 13.0 Å². The van der Waals surface area contributed by atoms with Crippen molar-refractivity contribution in [3.05, 3.63) is 41.2 Å². The molecule has 0 amide bonds. The van der Waals surface area contributed by atoms with Gasteiger partial charge in [0.1, 0.15) is 17.6 Å². The van der Waals surface area contributed by atoms with E-state index in [1.54, 1.807) is 37.1 Å². The lowest BCUT2D eigenvalue weighted by Gasteiger charge is -2.16. The van der Waals surface area contributed by atoms with E-state index in [-0.39, 0.29) is 0 Å². The van der Waals surface area contributed by atoms with Crippen LogP contribution in [0.15, 0.2) is 24.3 Å². The zero-order valence-corrected chi connectivity index (χ0v) is 11.5. The van der Waals surface area contributed by atoms with Crippen LogP contribution in [0, 0.1) is 6.92 Å². The van der Waals surface area contributed by atoms with Crippen molar-refractivity contribution in [1.82, 2.24) is 9.78 Å². The molecule has 1 aromatic carbocycles. The van der Waals surface area contributed by atoms with E-state index in [1.165, 1.54) is 0 Å². The fourth-order valence-corrected chi connectivity index (χ4v) is 2.09. The molecule has 1 N–H and O–H groups in total. The first kappa shape index (κ1) is 13.4. The Kier molecular flexibility index (Phi) is 3.76. The van der Waals surface area contributed by atoms with Crippen molar-refractivity contribution >= 4 is 0 Å². The largest absolute Gasteiger partial charge is 0.497 e. The van der Waals surface area contributed by atoms with Crippen molar-refractivity contribution in [1.29, 1.82) is 0 Å². The van der Waals surface area contributed by atoms with Gasteiger partial charge in [-0.05, 0) is 25.1 Å². The minimum atomic E-state index is -0.785. The highest BCUT2D eigenvalue weighted by Gasteiger charge is 2.19. The van der Waals surface area contributed by atoms with E-state index in [9.17, 15) is 5.11 Å². The smallest absolute Gasteiger partial charge is 0.128 e. The van der Waals surface area contributed by atoms with Crippen LogP contribution in [0.4, 0.5) is 0 Å². The van der Waals surface area contributed by atoms with Gasteiger partial charge in [-0.1, -0.05) is 0 Å². The molecule has 1 atom stereocenters. The third kappa shape index (κ3) is 2.56. The van der Waals surface area contributed by atoms with E-state index in [0.29, 0.717) is 17.1 Å². The molecule has 19 heavy (non-hydrogen) atoms. The Balaban J connectivity index is 2.43. The lowest BCUT2D eigenvalue weighted by Crippen LogP contribution is -2.08. The second kappa shape index (κ2) is 5.32. The fourth-order valence-electron chi connectivity index (χ4n) is 2.09. The molecule has 0 fully saturated rings. The minimum absolute atomic E-state index is 0.589. The van der Waals surface area contributed by atoms with Crippen LogP contribution in [0.5, 0.6) is 11.5 Å². The van der Waals surface area contributed by atoms with Crippen LogP contribution in [0.3, 0.4) is 0 Å². The number of hydrogen-bond acceptors (Lipinski definition) is 4. The second-order valence-electron chi connectivity index (χ2n) is 4.34. The van der Waals surface area contributed by atoms with E-state index < -0.39 is 6.10 Å². The molecule has 1 aromatic heterocycles. The zero-order chi connectivity index (χ0) is 14.0.